The number of thioether (sulfide) groups is 1. The Bertz CT molecular complexity index is 913. The van der Waals surface area contributed by atoms with Gasteiger partial charge in [0.1, 0.15) is 11.1 Å². The predicted molar refractivity (Wildman–Crippen MR) is 102 cm³/mol. The van der Waals surface area contributed by atoms with Gasteiger partial charge in [0.15, 0.2) is 5.78 Å². The zero-order valence-electron chi connectivity index (χ0n) is 14.2. The molecule has 0 radical (unpaired) electrons. The molecule has 0 bridgehead atoms. The number of nitrogens with zero attached hydrogens (tertiary/aromatic N) is 1. The van der Waals surface area contributed by atoms with Crippen molar-refractivity contribution in [3.8, 4) is 17.0 Å². The molecule has 0 spiro atoms. The summed E-state index contributed by atoms with van der Waals surface area (Å²) < 4.78 is 7.58. The monoisotopic (exact) mass is 349 g/mol. The molecule has 25 heavy (non-hydrogen) atoms. The number of Topliss-reactive ketones (excluding diaryl/α,β-unsaturated/α-hetero) is 1. The van der Waals surface area contributed by atoms with Crippen molar-refractivity contribution in [1.29, 1.82) is 0 Å². The van der Waals surface area contributed by atoms with Gasteiger partial charge in [-0.25, -0.2) is 0 Å². The molecule has 1 atom stereocenters. The molecule has 3 nitrogen and oxygen atoms in total. The van der Waals surface area contributed by atoms with Gasteiger partial charge in [0.25, 0.3) is 0 Å². The number of ketones is 1. The van der Waals surface area contributed by atoms with Crippen LogP contribution in [0.15, 0.2) is 60.7 Å². The number of ether oxygens (including phenoxy) is 1. The average Bonchev–Trinajstić information content (AvgIpc) is 3.23. The quantitative estimate of drug-likeness (QED) is 0.610. The lowest BCUT2D eigenvalue weighted by Crippen LogP contribution is -2.05. The lowest BCUT2D eigenvalue weighted by Gasteiger charge is -2.17. The van der Waals surface area contributed by atoms with Crippen LogP contribution < -0.4 is 4.74 Å². The second-order valence-electron chi connectivity index (χ2n) is 6.12. The molecule has 0 saturated heterocycles. The van der Waals surface area contributed by atoms with Crippen LogP contribution in [0.2, 0.25) is 0 Å². The van der Waals surface area contributed by atoms with Gasteiger partial charge in [0.2, 0.25) is 0 Å². The van der Waals surface area contributed by atoms with E-state index in [0.29, 0.717) is 0 Å². The molecule has 0 saturated carbocycles. The third kappa shape index (κ3) is 2.76. The van der Waals surface area contributed by atoms with E-state index in [1.165, 1.54) is 5.56 Å². The molecule has 4 rings (SSSR count). The van der Waals surface area contributed by atoms with Gasteiger partial charge >= 0.3 is 0 Å². The van der Waals surface area contributed by atoms with E-state index in [-0.39, 0.29) is 11.2 Å². The third-order valence-corrected chi connectivity index (χ3v) is 5.84. The minimum absolute atomic E-state index is 0.123. The number of hydrogen-bond acceptors (Lipinski definition) is 3. The Kier molecular flexibility index (Phi) is 4.14. The fraction of sp³-hybridized carbons (Fsp3) is 0.190. The Morgan fingerprint density at radius 2 is 1.84 bits per heavy atom. The zero-order valence-corrected chi connectivity index (χ0v) is 15.0. The van der Waals surface area contributed by atoms with Crippen molar-refractivity contribution in [1.82, 2.24) is 4.57 Å². The van der Waals surface area contributed by atoms with E-state index in [1.807, 2.05) is 36.0 Å². The summed E-state index contributed by atoms with van der Waals surface area (Å²) in [5.74, 6) is 1.81. The molecular weight excluding hydrogens is 330 g/mol. The van der Waals surface area contributed by atoms with Crippen molar-refractivity contribution in [3.05, 3.63) is 77.5 Å². The standard InChI is InChI=1S/C21H19NO2S/c1-14(23)18-12-19(15-8-10-17(24-2)11-9-15)22-20(18)13-25-21(22)16-6-4-3-5-7-16/h3-12,21H,13H2,1-2H3/t21-/m1/s1. The molecule has 3 aromatic rings. The molecule has 2 heterocycles. The Morgan fingerprint density at radius 1 is 1.12 bits per heavy atom. The van der Waals surface area contributed by atoms with Gasteiger partial charge in [-0.1, -0.05) is 30.3 Å². The van der Waals surface area contributed by atoms with E-state index in [1.54, 1.807) is 14.0 Å². The number of carbonyl (C=O) groups excluding carboxylic acids is 1. The van der Waals surface area contributed by atoms with Crippen molar-refractivity contribution in [2.75, 3.05) is 7.11 Å². The summed E-state index contributed by atoms with van der Waals surface area (Å²) in [6.07, 6.45) is 0. The smallest absolute Gasteiger partial charge is 0.161 e. The van der Waals surface area contributed by atoms with E-state index < -0.39 is 0 Å². The van der Waals surface area contributed by atoms with Crippen LogP contribution in [0.5, 0.6) is 5.75 Å². The summed E-state index contributed by atoms with van der Waals surface area (Å²) in [7, 11) is 1.67. The van der Waals surface area contributed by atoms with Crippen molar-refractivity contribution in [2.24, 2.45) is 0 Å². The Morgan fingerprint density at radius 3 is 2.48 bits per heavy atom. The Labute approximate surface area is 151 Å². The second-order valence-corrected chi connectivity index (χ2v) is 7.19. The van der Waals surface area contributed by atoms with Gasteiger partial charge in [0.05, 0.1) is 12.8 Å². The second kappa shape index (κ2) is 6.45. The minimum atomic E-state index is 0.123. The molecule has 1 aliphatic rings. The number of carbonyl (C=O) groups is 1. The number of fused-ring (bicyclic) bond motifs is 1. The van der Waals surface area contributed by atoms with E-state index in [4.69, 9.17) is 4.74 Å². The summed E-state index contributed by atoms with van der Waals surface area (Å²) in [6.45, 7) is 1.65. The van der Waals surface area contributed by atoms with Crippen molar-refractivity contribution in [2.45, 2.75) is 18.1 Å². The molecule has 0 fully saturated rings. The zero-order chi connectivity index (χ0) is 17.4. The van der Waals surface area contributed by atoms with Crippen molar-refractivity contribution in [3.63, 3.8) is 0 Å². The largest absolute Gasteiger partial charge is 0.497 e. The van der Waals surface area contributed by atoms with Gasteiger partial charge in [-0.2, -0.15) is 0 Å². The highest BCUT2D eigenvalue weighted by Crippen LogP contribution is 2.46. The topological polar surface area (TPSA) is 31.2 Å². The van der Waals surface area contributed by atoms with Crippen molar-refractivity contribution >= 4 is 17.5 Å². The molecule has 1 aliphatic heterocycles. The van der Waals surface area contributed by atoms with E-state index in [2.05, 4.69) is 41.0 Å². The van der Waals surface area contributed by atoms with E-state index in [9.17, 15) is 4.79 Å². The summed E-state index contributed by atoms with van der Waals surface area (Å²) in [4.78, 5) is 12.2. The van der Waals surface area contributed by atoms with Crippen LogP contribution in [-0.2, 0) is 5.75 Å². The van der Waals surface area contributed by atoms with Crippen LogP contribution in [0, 0.1) is 0 Å². The predicted octanol–water partition coefficient (Wildman–Crippen LogP) is 5.16. The number of hydrogen-bond donors (Lipinski definition) is 0. The first-order valence-corrected chi connectivity index (χ1v) is 9.30. The molecule has 4 heteroatoms. The number of methoxy groups -OCH3 is 1. The number of aromatic nitrogens is 1. The van der Waals surface area contributed by atoms with Gasteiger partial charge in [-0.15, -0.1) is 11.8 Å². The van der Waals surface area contributed by atoms with Crippen LogP contribution in [0.3, 0.4) is 0 Å². The first-order valence-electron chi connectivity index (χ1n) is 8.25. The maximum atomic E-state index is 12.2. The SMILES string of the molecule is COc1ccc(-c2cc(C(C)=O)c3n2[C@@H](c2ccccc2)SC3)cc1. The molecule has 1 aromatic heterocycles. The minimum Gasteiger partial charge on any atom is -0.497 e. The highest BCUT2D eigenvalue weighted by Gasteiger charge is 2.31. The van der Waals surface area contributed by atoms with Crippen molar-refractivity contribution < 1.29 is 9.53 Å². The highest BCUT2D eigenvalue weighted by atomic mass is 32.2. The Hall–Kier alpha value is -2.46. The van der Waals surface area contributed by atoms with Gasteiger partial charge in [-0.05, 0) is 48.4 Å². The van der Waals surface area contributed by atoms with Gasteiger partial charge in [-0.3, -0.25) is 4.79 Å². The number of benzene rings is 2. The summed E-state index contributed by atoms with van der Waals surface area (Å²) in [5.41, 5.74) is 5.39. The van der Waals surface area contributed by atoms with Crippen LogP contribution >= 0.6 is 11.8 Å². The van der Waals surface area contributed by atoms with E-state index >= 15 is 0 Å². The van der Waals surface area contributed by atoms with Crippen LogP contribution in [0.1, 0.15) is 33.9 Å². The molecule has 0 unspecified atom stereocenters. The molecule has 0 N–H and O–H groups in total. The van der Waals surface area contributed by atoms with Crippen LogP contribution in [-0.4, -0.2) is 17.5 Å². The molecular formula is C21H19NO2S. The first-order chi connectivity index (χ1) is 12.2. The molecule has 126 valence electrons. The summed E-state index contributed by atoms with van der Waals surface area (Å²) in [6, 6.07) is 20.5. The Balaban J connectivity index is 1.87. The normalized spacial score (nSPS) is 15.8. The van der Waals surface area contributed by atoms with E-state index in [0.717, 1.165) is 34.0 Å². The number of rotatable bonds is 4. The van der Waals surface area contributed by atoms with Gasteiger partial charge in [0, 0.05) is 17.0 Å². The summed E-state index contributed by atoms with van der Waals surface area (Å²) in [5, 5.41) is 0.196. The average molecular weight is 349 g/mol. The van der Waals surface area contributed by atoms with Crippen LogP contribution in [0.4, 0.5) is 0 Å². The molecule has 2 aromatic carbocycles. The third-order valence-electron chi connectivity index (χ3n) is 4.60. The lowest BCUT2D eigenvalue weighted by molar-refractivity contribution is 0.101. The van der Waals surface area contributed by atoms with Crippen LogP contribution in [0.25, 0.3) is 11.3 Å². The first kappa shape index (κ1) is 16.0. The molecule has 0 aliphatic carbocycles. The lowest BCUT2D eigenvalue weighted by atomic mass is 10.1. The highest BCUT2D eigenvalue weighted by molar-refractivity contribution is 7.99. The maximum Gasteiger partial charge on any atom is 0.161 e. The fourth-order valence-corrected chi connectivity index (χ4v) is 4.71. The summed E-state index contributed by atoms with van der Waals surface area (Å²) >= 11 is 1.87. The fourth-order valence-electron chi connectivity index (χ4n) is 3.36. The molecule has 0 amide bonds. The van der Waals surface area contributed by atoms with Gasteiger partial charge < -0.3 is 9.30 Å². The maximum absolute atomic E-state index is 12.2.